The third-order valence-electron chi connectivity index (χ3n) is 4.65. The lowest BCUT2D eigenvalue weighted by Crippen LogP contribution is -2.15. The Hall–Kier alpha value is -2.83. The fraction of sp³-hybridized carbons (Fsp3) is 0.545. The molecule has 1 aromatic carbocycles. The standard InChI is InChI=1S/C22H33N2O11P/c1-6-29-21(25)31-15-34-36(27,35-16-32-22(26)30-7-2)33-14-24-13-17(10-11-23(3)4)19-12-18(28-5)8-9-20(19)24/h8-9,12-13H,6-7,10-11,14-16H2,1-5H3. The van der Waals surface area contributed by atoms with Crippen LogP contribution in [0.2, 0.25) is 0 Å². The zero-order valence-electron chi connectivity index (χ0n) is 21.1. The van der Waals surface area contributed by atoms with Crippen LogP contribution in [0, 0.1) is 0 Å². The van der Waals surface area contributed by atoms with Crippen LogP contribution in [0.4, 0.5) is 9.59 Å². The lowest BCUT2D eigenvalue weighted by Gasteiger charge is -2.18. The molecule has 0 fully saturated rings. The molecular formula is C22H33N2O11P. The van der Waals surface area contributed by atoms with Gasteiger partial charge in [-0.3, -0.25) is 4.52 Å². The summed E-state index contributed by atoms with van der Waals surface area (Å²) in [7, 11) is 1.17. The van der Waals surface area contributed by atoms with Crippen LogP contribution in [0.5, 0.6) is 5.75 Å². The number of likely N-dealkylation sites (N-methyl/N-ethyl adjacent to an activating group) is 1. The van der Waals surface area contributed by atoms with E-state index in [0.717, 1.165) is 29.4 Å². The highest BCUT2D eigenvalue weighted by atomic mass is 31.2. The molecule has 0 unspecified atom stereocenters. The number of aromatic nitrogens is 1. The molecule has 1 aromatic heterocycles. The summed E-state index contributed by atoms with van der Waals surface area (Å²) in [5.74, 6) is 0.692. The maximum absolute atomic E-state index is 13.2. The van der Waals surface area contributed by atoms with Gasteiger partial charge in [0, 0.05) is 18.1 Å². The van der Waals surface area contributed by atoms with Crippen LogP contribution in [0.3, 0.4) is 0 Å². The van der Waals surface area contributed by atoms with E-state index < -0.39 is 33.7 Å². The van der Waals surface area contributed by atoms with Gasteiger partial charge in [0.1, 0.15) is 12.5 Å². The minimum Gasteiger partial charge on any atom is -0.497 e. The van der Waals surface area contributed by atoms with Crippen LogP contribution >= 0.6 is 7.82 Å². The second-order valence-electron chi connectivity index (χ2n) is 7.41. The molecule has 0 amide bonds. The number of nitrogens with zero attached hydrogens (tertiary/aromatic N) is 2. The van der Waals surface area contributed by atoms with Gasteiger partial charge in [-0.2, -0.15) is 0 Å². The normalized spacial score (nSPS) is 11.5. The Labute approximate surface area is 209 Å². The van der Waals surface area contributed by atoms with Crippen LogP contribution in [-0.4, -0.2) is 76.3 Å². The average Bonchev–Trinajstić information content (AvgIpc) is 3.18. The molecule has 0 saturated carbocycles. The Bertz CT molecular complexity index is 1010. The minimum atomic E-state index is -4.37. The van der Waals surface area contributed by atoms with Gasteiger partial charge in [0.2, 0.25) is 13.6 Å². The molecule has 0 spiro atoms. The van der Waals surface area contributed by atoms with E-state index in [9.17, 15) is 14.2 Å². The van der Waals surface area contributed by atoms with Gasteiger partial charge in [-0.15, -0.1) is 0 Å². The predicted molar refractivity (Wildman–Crippen MR) is 128 cm³/mol. The lowest BCUT2D eigenvalue weighted by atomic mass is 10.1. The summed E-state index contributed by atoms with van der Waals surface area (Å²) >= 11 is 0. The zero-order chi connectivity index (χ0) is 26.6. The molecule has 13 nitrogen and oxygen atoms in total. The second-order valence-corrected chi connectivity index (χ2v) is 9.08. The van der Waals surface area contributed by atoms with Gasteiger partial charge in [0.05, 0.1) is 25.8 Å². The first-order valence-corrected chi connectivity index (χ1v) is 12.6. The van der Waals surface area contributed by atoms with Crippen molar-refractivity contribution in [2.75, 3.05) is 54.5 Å². The van der Waals surface area contributed by atoms with E-state index >= 15 is 0 Å². The van der Waals surface area contributed by atoms with Crippen LogP contribution in [0.15, 0.2) is 24.4 Å². The van der Waals surface area contributed by atoms with Gasteiger partial charge >= 0.3 is 20.1 Å². The van der Waals surface area contributed by atoms with Crippen LogP contribution in [0.1, 0.15) is 19.4 Å². The largest absolute Gasteiger partial charge is 0.510 e. The Kier molecular flexibility index (Phi) is 12.0. The molecule has 36 heavy (non-hydrogen) atoms. The van der Waals surface area contributed by atoms with Crippen molar-refractivity contribution in [2.45, 2.75) is 27.0 Å². The molecule has 14 heteroatoms. The predicted octanol–water partition coefficient (Wildman–Crippen LogP) is 4.13. The van der Waals surface area contributed by atoms with Gasteiger partial charge in [-0.25, -0.2) is 23.2 Å². The third-order valence-corrected chi connectivity index (χ3v) is 5.93. The summed E-state index contributed by atoms with van der Waals surface area (Å²) in [4.78, 5) is 24.8. The Balaban J connectivity index is 2.18. The SMILES string of the molecule is CCOC(=O)OCOP(=O)(OCOC(=O)OCC)OCn1cc(CCN(C)C)c2cc(OC)ccc21. The van der Waals surface area contributed by atoms with Crippen molar-refractivity contribution in [2.24, 2.45) is 0 Å². The molecular weight excluding hydrogens is 499 g/mol. The molecule has 0 saturated heterocycles. The molecule has 0 radical (unpaired) electrons. The first-order chi connectivity index (χ1) is 17.2. The number of ether oxygens (including phenoxy) is 5. The number of benzene rings is 1. The van der Waals surface area contributed by atoms with Crippen molar-refractivity contribution in [3.05, 3.63) is 30.0 Å². The van der Waals surface area contributed by atoms with Crippen molar-refractivity contribution in [3.63, 3.8) is 0 Å². The second kappa shape index (κ2) is 14.7. The number of hydrogen-bond acceptors (Lipinski definition) is 12. The third kappa shape index (κ3) is 9.32. The molecule has 202 valence electrons. The molecule has 0 N–H and O–H groups in total. The van der Waals surface area contributed by atoms with E-state index in [2.05, 4.69) is 23.8 Å². The number of phosphoric acid groups is 1. The van der Waals surface area contributed by atoms with Crippen LogP contribution < -0.4 is 4.74 Å². The summed E-state index contributed by atoms with van der Waals surface area (Å²) in [5, 5.41) is 0.938. The quantitative estimate of drug-likeness (QED) is 0.185. The number of carbonyl (C=O) groups is 2. The highest BCUT2D eigenvalue weighted by Crippen LogP contribution is 2.50. The van der Waals surface area contributed by atoms with E-state index in [4.69, 9.17) is 18.3 Å². The van der Waals surface area contributed by atoms with E-state index in [-0.39, 0.29) is 19.9 Å². The van der Waals surface area contributed by atoms with Gasteiger partial charge in [0.15, 0.2) is 0 Å². The summed E-state index contributed by atoms with van der Waals surface area (Å²) in [6.07, 6.45) is 0.558. The summed E-state index contributed by atoms with van der Waals surface area (Å²) in [6, 6.07) is 5.54. The van der Waals surface area contributed by atoms with Gasteiger partial charge in [0.25, 0.3) is 0 Å². The van der Waals surface area contributed by atoms with Gasteiger partial charge in [-0.1, -0.05) is 0 Å². The maximum Gasteiger partial charge on any atom is 0.510 e. The number of carbonyl (C=O) groups excluding carboxylic acids is 2. The van der Waals surface area contributed by atoms with Crippen molar-refractivity contribution in [1.82, 2.24) is 9.47 Å². The van der Waals surface area contributed by atoms with E-state index in [0.29, 0.717) is 5.75 Å². The molecule has 0 aliphatic carbocycles. The number of rotatable bonds is 15. The number of fused-ring (bicyclic) bond motifs is 1. The fourth-order valence-electron chi connectivity index (χ4n) is 2.97. The van der Waals surface area contributed by atoms with Crippen molar-refractivity contribution in [1.29, 1.82) is 0 Å². The Morgan fingerprint density at radius 3 is 2.08 bits per heavy atom. The molecule has 2 aromatic rings. The van der Waals surface area contributed by atoms with Crippen molar-refractivity contribution >= 4 is 31.0 Å². The summed E-state index contributed by atoms with van der Waals surface area (Å²) in [5.41, 5.74) is 1.82. The number of hydrogen-bond donors (Lipinski definition) is 0. The van der Waals surface area contributed by atoms with E-state index in [1.165, 1.54) is 0 Å². The molecule has 1 heterocycles. The van der Waals surface area contributed by atoms with Gasteiger partial charge in [-0.05, 0) is 58.1 Å². The summed E-state index contributed by atoms with van der Waals surface area (Å²) < 4.78 is 54.4. The van der Waals surface area contributed by atoms with Crippen molar-refractivity contribution < 1.29 is 51.4 Å². The molecule has 2 rings (SSSR count). The first kappa shape index (κ1) is 29.4. The monoisotopic (exact) mass is 532 g/mol. The fourth-order valence-corrected chi connectivity index (χ4v) is 3.82. The molecule has 0 aliphatic heterocycles. The molecule has 0 bridgehead atoms. The van der Waals surface area contributed by atoms with E-state index in [1.807, 2.05) is 32.4 Å². The average molecular weight is 532 g/mol. The number of methoxy groups -OCH3 is 1. The van der Waals surface area contributed by atoms with E-state index in [1.54, 1.807) is 31.6 Å². The Morgan fingerprint density at radius 2 is 1.56 bits per heavy atom. The topological polar surface area (TPSA) is 133 Å². The lowest BCUT2D eigenvalue weighted by molar-refractivity contribution is -0.0410. The van der Waals surface area contributed by atoms with Crippen LogP contribution in [-0.2, 0) is 50.2 Å². The minimum absolute atomic E-state index is 0.0819. The Morgan fingerprint density at radius 1 is 0.944 bits per heavy atom. The zero-order valence-corrected chi connectivity index (χ0v) is 22.0. The van der Waals surface area contributed by atoms with Crippen LogP contribution in [0.25, 0.3) is 10.9 Å². The molecule has 0 atom stereocenters. The summed E-state index contributed by atoms with van der Waals surface area (Å²) in [6.45, 7) is 2.34. The first-order valence-electron chi connectivity index (χ1n) is 11.1. The molecule has 0 aliphatic rings. The maximum atomic E-state index is 13.2. The van der Waals surface area contributed by atoms with Gasteiger partial charge < -0.3 is 33.2 Å². The smallest absolute Gasteiger partial charge is 0.497 e. The van der Waals surface area contributed by atoms with Crippen molar-refractivity contribution in [3.8, 4) is 5.75 Å². The number of phosphoric ester groups is 1. The highest BCUT2D eigenvalue weighted by Gasteiger charge is 2.29. The highest BCUT2D eigenvalue weighted by molar-refractivity contribution is 7.48.